The molecule has 0 aliphatic rings. The summed E-state index contributed by atoms with van der Waals surface area (Å²) in [5.41, 5.74) is 1.60. The van der Waals surface area contributed by atoms with Crippen LogP contribution in [0.15, 0.2) is 36.8 Å². The van der Waals surface area contributed by atoms with Crippen molar-refractivity contribution >= 4 is 45.8 Å². The Morgan fingerprint density at radius 1 is 1.00 bits per heavy atom. The number of rotatable bonds is 2. The number of aromatic nitrogens is 4. The monoisotopic (exact) mass is 319 g/mol. The van der Waals surface area contributed by atoms with Crippen molar-refractivity contribution in [3.05, 3.63) is 52.8 Å². The second-order valence-electron chi connectivity index (χ2n) is 4.03. The summed E-state index contributed by atoms with van der Waals surface area (Å²) in [4.78, 5) is 28.1. The van der Waals surface area contributed by atoms with Gasteiger partial charge >= 0.3 is 0 Å². The largest absolute Gasteiger partial charge is 0.315 e. The van der Waals surface area contributed by atoms with Gasteiger partial charge in [-0.3, -0.25) is 9.78 Å². The molecule has 0 radical (unpaired) electrons. The number of nitrogens with one attached hydrogen (secondary N) is 1. The molecule has 0 saturated carbocycles. The molecule has 2 heterocycles. The molecule has 0 unspecified atom stereocenters. The molecule has 3 aromatic rings. The molecule has 3 rings (SSSR count). The van der Waals surface area contributed by atoms with E-state index in [0.29, 0.717) is 11.0 Å². The van der Waals surface area contributed by atoms with Crippen LogP contribution in [0.1, 0.15) is 10.5 Å². The van der Waals surface area contributed by atoms with Crippen molar-refractivity contribution in [3.8, 4) is 0 Å². The molecular formula is C13H7Cl2N5O. The van der Waals surface area contributed by atoms with Gasteiger partial charge in [-0.2, -0.15) is 0 Å². The Kier molecular flexibility index (Phi) is 3.64. The number of carbonyl (C=O) groups excluding carboxylic acids is 1. The van der Waals surface area contributed by atoms with E-state index in [1.165, 1.54) is 12.5 Å². The minimum absolute atomic E-state index is 0.0529. The zero-order valence-corrected chi connectivity index (χ0v) is 11.9. The maximum atomic E-state index is 12.2. The first-order chi connectivity index (χ1) is 10.1. The Balaban J connectivity index is 1.94. The van der Waals surface area contributed by atoms with Gasteiger partial charge in [-0.25, -0.2) is 15.0 Å². The smallest absolute Gasteiger partial charge is 0.276 e. The Bertz CT molecular complexity index is 819. The summed E-state index contributed by atoms with van der Waals surface area (Å²) in [6, 6.07) is 7.24. The average molecular weight is 320 g/mol. The second-order valence-corrected chi connectivity index (χ2v) is 4.74. The molecule has 1 N–H and O–H groups in total. The van der Waals surface area contributed by atoms with Gasteiger partial charge in [0.1, 0.15) is 17.7 Å². The van der Waals surface area contributed by atoms with Gasteiger partial charge in [0.25, 0.3) is 5.91 Å². The zero-order chi connectivity index (χ0) is 14.8. The molecule has 104 valence electrons. The Morgan fingerprint density at radius 3 is 2.38 bits per heavy atom. The van der Waals surface area contributed by atoms with Crippen LogP contribution in [-0.2, 0) is 0 Å². The summed E-state index contributed by atoms with van der Waals surface area (Å²) >= 11 is 11.7. The lowest BCUT2D eigenvalue weighted by Crippen LogP contribution is -2.15. The van der Waals surface area contributed by atoms with Crippen LogP contribution in [0.2, 0.25) is 10.3 Å². The third-order valence-corrected chi connectivity index (χ3v) is 3.25. The summed E-state index contributed by atoms with van der Waals surface area (Å²) < 4.78 is 0. The zero-order valence-electron chi connectivity index (χ0n) is 10.4. The van der Waals surface area contributed by atoms with E-state index >= 15 is 0 Å². The van der Waals surface area contributed by atoms with E-state index in [4.69, 9.17) is 23.2 Å². The number of benzene rings is 1. The summed E-state index contributed by atoms with van der Waals surface area (Å²) in [5, 5.41) is 2.63. The van der Waals surface area contributed by atoms with Crippen molar-refractivity contribution in [2.24, 2.45) is 0 Å². The molecule has 8 heteroatoms. The van der Waals surface area contributed by atoms with Crippen molar-refractivity contribution in [2.45, 2.75) is 0 Å². The molecule has 21 heavy (non-hydrogen) atoms. The number of hydrogen-bond acceptors (Lipinski definition) is 5. The van der Waals surface area contributed by atoms with Gasteiger partial charge in [-0.15, -0.1) is 0 Å². The molecule has 0 aliphatic heterocycles. The van der Waals surface area contributed by atoms with Gasteiger partial charge in [0, 0.05) is 0 Å². The summed E-state index contributed by atoms with van der Waals surface area (Å²) in [6.07, 6.45) is 2.58. The first kappa shape index (κ1) is 13.7. The molecule has 0 aliphatic carbocycles. The molecule has 2 aromatic heterocycles. The van der Waals surface area contributed by atoms with Crippen molar-refractivity contribution in [3.63, 3.8) is 0 Å². The van der Waals surface area contributed by atoms with E-state index in [0.717, 1.165) is 0 Å². The Hall–Kier alpha value is -2.31. The fourth-order valence-electron chi connectivity index (χ4n) is 1.69. The van der Waals surface area contributed by atoms with E-state index in [-0.39, 0.29) is 21.7 Å². The highest BCUT2D eigenvalue weighted by molar-refractivity contribution is 6.38. The van der Waals surface area contributed by atoms with Gasteiger partial charge in [-0.1, -0.05) is 35.3 Å². The molecule has 6 nitrogen and oxygen atoms in total. The van der Waals surface area contributed by atoms with Crippen LogP contribution >= 0.6 is 23.2 Å². The summed E-state index contributed by atoms with van der Waals surface area (Å²) in [6.45, 7) is 0. The molecule has 1 aromatic carbocycles. The minimum atomic E-state index is -0.494. The van der Waals surface area contributed by atoms with Crippen molar-refractivity contribution in [1.82, 2.24) is 19.9 Å². The van der Waals surface area contributed by atoms with Gasteiger partial charge in [0.15, 0.2) is 10.3 Å². The van der Waals surface area contributed by atoms with Crippen LogP contribution in [0.3, 0.4) is 0 Å². The molecule has 0 bridgehead atoms. The van der Waals surface area contributed by atoms with E-state index in [9.17, 15) is 4.79 Å². The number of anilines is 1. The fourth-order valence-corrected chi connectivity index (χ4v) is 2.10. The minimum Gasteiger partial charge on any atom is -0.315 e. The van der Waals surface area contributed by atoms with Crippen LogP contribution in [0.4, 0.5) is 5.69 Å². The number of fused-ring (bicyclic) bond motifs is 1. The summed E-state index contributed by atoms with van der Waals surface area (Å²) in [5.74, 6) is -0.494. The van der Waals surface area contributed by atoms with Crippen LogP contribution in [0, 0.1) is 0 Å². The number of halogens is 2. The molecule has 1 amide bonds. The van der Waals surface area contributed by atoms with Crippen LogP contribution < -0.4 is 5.32 Å². The quantitative estimate of drug-likeness (QED) is 0.734. The van der Waals surface area contributed by atoms with Crippen LogP contribution in [0.5, 0.6) is 0 Å². The fraction of sp³-hybridized carbons (Fsp3) is 0. The first-order valence-electron chi connectivity index (χ1n) is 5.84. The van der Waals surface area contributed by atoms with E-state index in [1.54, 1.807) is 6.07 Å². The third-order valence-electron chi connectivity index (χ3n) is 2.67. The lowest BCUT2D eigenvalue weighted by molar-refractivity contribution is 0.102. The summed E-state index contributed by atoms with van der Waals surface area (Å²) in [7, 11) is 0. The lowest BCUT2D eigenvalue weighted by Gasteiger charge is -2.07. The van der Waals surface area contributed by atoms with Crippen molar-refractivity contribution in [1.29, 1.82) is 0 Å². The second kappa shape index (κ2) is 5.59. The predicted molar refractivity (Wildman–Crippen MR) is 79.5 cm³/mol. The topological polar surface area (TPSA) is 80.7 Å². The average Bonchev–Trinajstić information content (AvgIpc) is 2.50. The maximum absolute atomic E-state index is 12.2. The van der Waals surface area contributed by atoms with E-state index in [1.807, 2.05) is 18.2 Å². The van der Waals surface area contributed by atoms with Gasteiger partial charge in [0.05, 0.1) is 17.2 Å². The third kappa shape index (κ3) is 2.76. The highest BCUT2D eigenvalue weighted by Gasteiger charge is 2.15. The number of amides is 1. The first-order valence-corrected chi connectivity index (χ1v) is 6.60. The van der Waals surface area contributed by atoms with Crippen LogP contribution in [-0.4, -0.2) is 25.8 Å². The van der Waals surface area contributed by atoms with Crippen molar-refractivity contribution < 1.29 is 4.79 Å². The highest BCUT2D eigenvalue weighted by atomic mass is 35.5. The number of nitrogens with zero attached hydrogens (tertiary/aromatic N) is 4. The molecular weight excluding hydrogens is 313 g/mol. The van der Waals surface area contributed by atoms with Crippen LogP contribution in [0.25, 0.3) is 11.0 Å². The van der Waals surface area contributed by atoms with Gasteiger partial charge in [-0.05, 0) is 12.1 Å². The SMILES string of the molecule is O=C(Nc1c(Cl)ncnc1Cl)c1cnc2ccccc2n1. The van der Waals surface area contributed by atoms with Crippen molar-refractivity contribution in [2.75, 3.05) is 5.32 Å². The number of carbonyl (C=O) groups is 1. The molecule has 0 spiro atoms. The highest BCUT2D eigenvalue weighted by Crippen LogP contribution is 2.26. The predicted octanol–water partition coefficient (Wildman–Crippen LogP) is 2.98. The maximum Gasteiger partial charge on any atom is 0.276 e. The lowest BCUT2D eigenvalue weighted by atomic mass is 10.3. The normalized spacial score (nSPS) is 10.6. The van der Waals surface area contributed by atoms with E-state index < -0.39 is 5.91 Å². The number of hydrogen-bond donors (Lipinski definition) is 1. The molecule has 0 atom stereocenters. The van der Waals surface area contributed by atoms with Gasteiger partial charge < -0.3 is 5.32 Å². The van der Waals surface area contributed by atoms with Gasteiger partial charge in [0.2, 0.25) is 0 Å². The Morgan fingerprint density at radius 2 is 1.67 bits per heavy atom. The number of para-hydroxylation sites is 2. The standard InChI is InChI=1S/C13H7Cl2N5O/c14-11-10(12(15)18-6-17-11)20-13(21)9-5-16-7-3-1-2-4-8(7)19-9/h1-6H,(H,20,21). The van der Waals surface area contributed by atoms with E-state index in [2.05, 4.69) is 25.3 Å². The molecule has 0 fully saturated rings. The Labute approximate surface area is 129 Å². The molecule has 0 saturated heterocycles.